The highest BCUT2D eigenvalue weighted by Gasteiger charge is 2.35. The molecule has 0 saturated heterocycles. The zero-order valence-electron chi connectivity index (χ0n) is 35.3. The SMILES string of the molecule is C=CC.C=NC(=NC(=NCc1cccc(-c2ccc(-c3ccccc3-c3ccccc3C(C)(C3=C/C/C=C\C/C=C\3)c3cccnc3)cc2)c1)c1cccnc1)c1cccnc1. The van der Waals surface area contributed by atoms with Crippen LogP contribution in [0.15, 0.2) is 234 Å². The molecule has 3 heterocycles. The third-order valence-corrected chi connectivity index (χ3v) is 10.8. The summed E-state index contributed by atoms with van der Waals surface area (Å²) in [7, 11) is 0. The van der Waals surface area contributed by atoms with E-state index >= 15 is 0 Å². The molecule has 0 amide bonds. The van der Waals surface area contributed by atoms with Crippen molar-refractivity contribution in [3.8, 4) is 33.4 Å². The highest BCUT2D eigenvalue weighted by molar-refractivity contribution is 6.12. The van der Waals surface area contributed by atoms with E-state index in [-0.39, 0.29) is 0 Å². The summed E-state index contributed by atoms with van der Waals surface area (Å²) in [5, 5.41) is 0. The molecule has 0 N–H and O–H groups in total. The Morgan fingerprint density at radius 1 is 0.629 bits per heavy atom. The Hall–Kier alpha value is -7.70. The van der Waals surface area contributed by atoms with Crippen LogP contribution in [0, 0.1) is 0 Å². The van der Waals surface area contributed by atoms with Gasteiger partial charge in [0, 0.05) is 53.7 Å². The van der Waals surface area contributed by atoms with Gasteiger partial charge in [-0.25, -0.2) is 9.98 Å². The van der Waals surface area contributed by atoms with Crippen molar-refractivity contribution in [3.63, 3.8) is 0 Å². The fourth-order valence-corrected chi connectivity index (χ4v) is 7.69. The number of benzene rings is 4. The highest BCUT2D eigenvalue weighted by Crippen LogP contribution is 2.46. The molecule has 0 radical (unpaired) electrons. The molecule has 4 aromatic carbocycles. The van der Waals surface area contributed by atoms with E-state index < -0.39 is 5.41 Å². The van der Waals surface area contributed by atoms with E-state index in [4.69, 9.17) is 9.98 Å². The summed E-state index contributed by atoms with van der Waals surface area (Å²) < 4.78 is 0. The Bertz CT molecular complexity index is 2750. The molecule has 8 rings (SSSR count). The molecule has 304 valence electrons. The van der Waals surface area contributed by atoms with Crippen LogP contribution in [0.2, 0.25) is 0 Å². The van der Waals surface area contributed by atoms with Gasteiger partial charge >= 0.3 is 0 Å². The van der Waals surface area contributed by atoms with Crippen LogP contribution in [0.25, 0.3) is 33.4 Å². The standard InChI is InChI=1S/C53H44N6.C3H6/c1-53(46-22-15-33-57-38-46,45-20-6-4-3-5-7-21-45)50-26-11-10-25-49(50)48-24-9-8-23-47(48)41-29-27-40(28-30-41)42-17-12-16-39(34-42)35-58-52(44-19-14-32-56-37-44)59-51(54-2)43-18-13-31-55-36-43;1-3-2/h3-4,7-34,36-38H,2,5-6,35H2,1H3;3H,1H2,2H3/b4-3-,21-7-,45-20+,58-52?,59-51?;. The normalized spacial score (nSPS) is 15.5. The second kappa shape index (κ2) is 21.0. The minimum Gasteiger partial charge on any atom is -0.264 e. The zero-order chi connectivity index (χ0) is 43.0. The van der Waals surface area contributed by atoms with Gasteiger partial charge in [0.05, 0.1) is 6.54 Å². The smallest absolute Gasteiger partial charge is 0.162 e. The van der Waals surface area contributed by atoms with Gasteiger partial charge in [0.15, 0.2) is 11.7 Å². The molecule has 0 spiro atoms. The van der Waals surface area contributed by atoms with Gasteiger partial charge in [-0.3, -0.25) is 19.9 Å². The van der Waals surface area contributed by atoms with E-state index in [0.717, 1.165) is 51.8 Å². The number of pyridine rings is 3. The van der Waals surface area contributed by atoms with Gasteiger partial charge in [-0.05, 0) is 125 Å². The lowest BCUT2D eigenvalue weighted by molar-refractivity contribution is 0.685. The lowest BCUT2D eigenvalue weighted by Gasteiger charge is -2.35. The lowest BCUT2D eigenvalue weighted by Crippen LogP contribution is -2.27. The maximum absolute atomic E-state index is 4.95. The van der Waals surface area contributed by atoms with E-state index in [0.29, 0.717) is 18.2 Å². The van der Waals surface area contributed by atoms with Gasteiger partial charge in [0.1, 0.15) is 0 Å². The lowest BCUT2D eigenvalue weighted by atomic mass is 9.68. The molecule has 62 heavy (non-hydrogen) atoms. The minimum atomic E-state index is -0.437. The van der Waals surface area contributed by atoms with E-state index in [1.54, 1.807) is 30.9 Å². The third kappa shape index (κ3) is 10.0. The number of rotatable bonds is 10. The van der Waals surface area contributed by atoms with Gasteiger partial charge < -0.3 is 0 Å². The van der Waals surface area contributed by atoms with Crippen molar-refractivity contribution in [3.05, 3.63) is 247 Å². The number of allylic oxidation sites excluding steroid dienone is 7. The number of aromatic nitrogens is 3. The Balaban J connectivity index is 0.00000187. The third-order valence-electron chi connectivity index (χ3n) is 10.8. The highest BCUT2D eigenvalue weighted by atomic mass is 15.0. The van der Waals surface area contributed by atoms with Gasteiger partial charge in [-0.15, -0.1) is 6.58 Å². The fourth-order valence-electron chi connectivity index (χ4n) is 7.69. The van der Waals surface area contributed by atoms with E-state index in [9.17, 15) is 0 Å². The van der Waals surface area contributed by atoms with Crippen LogP contribution < -0.4 is 0 Å². The summed E-state index contributed by atoms with van der Waals surface area (Å²) in [5.74, 6) is 0.972. The second-order valence-electron chi connectivity index (χ2n) is 14.9. The number of nitrogens with zero attached hydrogens (tertiary/aromatic N) is 6. The van der Waals surface area contributed by atoms with Crippen LogP contribution in [0.4, 0.5) is 0 Å². The first-order chi connectivity index (χ1) is 30.5. The molecule has 7 aromatic rings. The number of hydrogen-bond acceptors (Lipinski definition) is 4. The van der Waals surface area contributed by atoms with Crippen LogP contribution >= 0.6 is 0 Å². The van der Waals surface area contributed by atoms with Gasteiger partial charge in [-0.1, -0.05) is 134 Å². The van der Waals surface area contributed by atoms with Crippen LogP contribution in [0.1, 0.15) is 54.5 Å². The van der Waals surface area contributed by atoms with Crippen LogP contribution in [-0.2, 0) is 12.0 Å². The number of aliphatic imine (C=N–C) groups is 3. The van der Waals surface area contributed by atoms with Crippen molar-refractivity contribution in [2.24, 2.45) is 15.0 Å². The van der Waals surface area contributed by atoms with Crippen LogP contribution in [0.3, 0.4) is 0 Å². The Labute approximate surface area is 366 Å². The summed E-state index contributed by atoms with van der Waals surface area (Å²) in [6, 6.07) is 46.8. The van der Waals surface area contributed by atoms with E-state index in [1.165, 1.54) is 27.8 Å². The molecule has 0 aliphatic heterocycles. The second-order valence-corrected chi connectivity index (χ2v) is 14.9. The summed E-state index contributed by atoms with van der Waals surface area (Å²) in [6.07, 6.45) is 25.7. The average Bonchev–Trinajstić information content (AvgIpc) is 3.32. The molecule has 0 saturated carbocycles. The molecule has 6 nitrogen and oxygen atoms in total. The average molecular weight is 807 g/mol. The topological polar surface area (TPSA) is 75.8 Å². The largest absolute Gasteiger partial charge is 0.264 e. The van der Waals surface area contributed by atoms with E-state index in [2.05, 4.69) is 174 Å². The summed E-state index contributed by atoms with van der Waals surface area (Å²) in [6.45, 7) is 11.8. The van der Waals surface area contributed by atoms with Crippen LogP contribution in [0.5, 0.6) is 0 Å². The predicted molar refractivity (Wildman–Crippen MR) is 260 cm³/mol. The van der Waals surface area contributed by atoms with Crippen molar-refractivity contribution in [1.29, 1.82) is 0 Å². The fraction of sp³-hybridized carbons (Fsp3) is 0.107. The molecule has 1 atom stereocenters. The molecule has 1 aliphatic rings. The van der Waals surface area contributed by atoms with E-state index in [1.807, 2.05) is 49.6 Å². The molecule has 0 fully saturated rings. The quantitative estimate of drug-likeness (QED) is 0.0785. The minimum absolute atomic E-state index is 0.422. The first kappa shape index (κ1) is 42.4. The van der Waals surface area contributed by atoms with Crippen molar-refractivity contribution in [1.82, 2.24) is 15.0 Å². The molecular weight excluding hydrogens is 757 g/mol. The van der Waals surface area contributed by atoms with Crippen LogP contribution in [-0.4, -0.2) is 33.3 Å². The maximum Gasteiger partial charge on any atom is 0.162 e. The summed E-state index contributed by atoms with van der Waals surface area (Å²) >= 11 is 0. The van der Waals surface area contributed by atoms with Crippen molar-refractivity contribution >= 4 is 18.4 Å². The number of hydrogen-bond donors (Lipinski definition) is 0. The molecular formula is C56H50N6. The van der Waals surface area contributed by atoms with Crippen molar-refractivity contribution in [2.75, 3.05) is 0 Å². The molecule has 1 unspecified atom stereocenters. The Morgan fingerprint density at radius 2 is 1.26 bits per heavy atom. The first-order valence-electron chi connectivity index (χ1n) is 20.8. The van der Waals surface area contributed by atoms with Gasteiger partial charge in [-0.2, -0.15) is 0 Å². The molecule has 0 bridgehead atoms. The summed E-state index contributed by atoms with van der Waals surface area (Å²) in [5.41, 5.74) is 12.8. The summed E-state index contributed by atoms with van der Waals surface area (Å²) in [4.78, 5) is 27.1. The van der Waals surface area contributed by atoms with Gasteiger partial charge in [0.2, 0.25) is 0 Å². The monoisotopic (exact) mass is 806 g/mol. The molecule has 1 aliphatic carbocycles. The molecule has 6 heteroatoms. The van der Waals surface area contributed by atoms with Gasteiger partial charge in [0.25, 0.3) is 0 Å². The molecule has 3 aromatic heterocycles. The number of amidine groups is 2. The Kier molecular flexibility index (Phi) is 14.4. The predicted octanol–water partition coefficient (Wildman–Crippen LogP) is 13.3. The first-order valence-corrected chi connectivity index (χ1v) is 20.8. The zero-order valence-corrected chi connectivity index (χ0v) is 35.3. The van der Waals surface area contributed by atoms with Crippen molar-refractivity contribution < 1.29 is 0 Å². The van der Waals surface area contributed by atoms with Crippen molar-refractivity contribution in [2.45, 2.75) is 38.6 Å². The maximum atomic E-state index is 4.95. The Morgan fingerprint density at radius 3 is 1.94 bits per heavy atom.